The summed E-state index contributed by atoms with van der Waals surface area (Å²) in [6.45, 7) is -0.391. The van der Waals surface area contributed by atoms with E-state index >= 15 is 0 Å². The van der Waals surface area contributed by atoms with Crippen LogP contribution in [0.2, 0.25) is 0 Å². The Hall–Kier alpha value is -2.36. The molecule has 1 aromatic heterocycles. The summed E-state index contributed by atoms with van der Waals surface area (Å²) in [4.78, 5) is 22.3. The third-order valence-electron chi connectivity index (χ3n) is 2.35. The molecule has 1 aromatic carbocycles. The molecular formula is C11H7BrF2N4O3. The van der Waals surface area contributed by atoms with E-state index in [0.717, 1.165) is 23.0 Å². The third kappa shape index (κ3) is 3.60. The Kier molecular flexibility index (Phi) is 4.26. The van der Waals surface area contributed by atoms with E-state index in [-0.39, 0.29) is 15.9 Å². The SMILES string of the molecule is O=C(Cn1cc(C(=O)O)nn1)Nc1cc(F)c(Br)cc1F. The van der Waals surface area contributed by atoms with Gasteiger partial charge in [-0.25, -0.2) is 18.3 Å². The summed E-state index contributed by atoms with van der Waals surface area (Å²) in [5.74, 6) is -3.55. The highest BCUT2D eigenvalue weighted by Gasteiger charge is 2.13. The second kappa shape index (κ2) is 5.95. The van der Waals surface area contributed by atoms with Crippen molar-refractivity contribution in [3.05, 3.63) is 40.1 Å². The largest absolute Gasteiger partial charge is 0.476 e. The lowest BCUT2D eigenvalue weighted by atomic mass is 10.3. The maximum atomic E-state index is 13.5. The molecule has 10 heteroatoms. The second-order valence-electron chi connectivity index (χ2n) is 3.90. The van der Waals surface area contributed by atoms with Gasteiger partial charge in [-0.15, -0.1) is 5.10 Å². The van der Waals surface area contributed by atoms with Gasteiger partial charge in [-0.2, -0.15) is 0 Å². The first-order valence-corrected chi connectivity index (χ1v) is 6.24. The van der Waals surface area contributed by atoms with E-state index in [9.17, 15) is 18.4 Å². The number of aromatic nitrogens is 3. The highest BCUT2D eigenvalue weighted by atomic mass is 79.9. The van der Waals surface area contributed by atoms with Gasteiger partial charge in [0, 0.05) is 6.07 Å². The Labute approximate surface area is 124 Å². The Morgan fingerprint density at radius 3 is 2.67 bits per heavy atom. The number of rotatable bonds is 4. The highest BCUT2D eigenvalue weighted by molar-refractivity contribution is 9.10. The maximum absolute atomic E-state index is 13.5. The van der Waals surface area contributed by atoms with Crippen LogP contribution in [0.1, 0.15) is 10.5 Å². The molecule has 2 N–H and O–H groups in total. The molecule has 2 aromatic rings. The number of carboxylic acid groups (broad SMARTS) is 1. The molecule has 0 fully saturated rings. The molecule has 0 unspecified atom stereocenters. The summed E-state index contributed by atoms with van der Waals surface area (Å²) < 4.78 is 27.7. The van der Waals surface area contributed by atoms with Crippen LogP contribution >= 0.6 is 15.9 Å². The van der Waals surface area contributed by atoms with Gasteiger partial charge in [-0.1, -0.05) is 5.21 Å². The normalized spacial score (nSPS) is 10.4. The quantitative estimate of drug-likeness (QED) is 0.808. The van der Waals surface area contributed by atoms with Crippen molar-refractivity contribution in [1.29, 1.82) is 0 Å². The molecule has 1 amide bonds. The van der Waals surface area contributed by atoms with Gasteiger partial charge in [-0.3, -0.25) is 4.79 Å². The van der Waals surface area contributed by atoms with Gasteiger partial charge in [0.2, 0.25) is 5.91 Å². The van der Waals surface area contributed by atoms with E-state index in [0.29, 0.717) is 0 Å². The molecule has 110 valence electrons. The van der Waals surface area contributed by atoms with Gasteiger partial charge in [0.05, 0.1) is 16.4 Å². The Morgan fingerprint density at radius 1 is 1.33 bits per heavy atom. The molecule has 0 aliphatic heterocycles. The van der Waals surface area contributed by atoms with E-state index in [2.05, 4.69) is 31.6 Å². The molecule has 0 aliphatic rings. The van der Waals surface area contributed by atoms with Gasteiger partial charge in [0.1, 0.15) is 18.2 Å². The lowest BCUT2D eigenvalue weighted by Crippen LogP contribution is -2.20. The zero-order chi connectivity index (χ0) is 15.6. The van der Waals surface area contributed by atoms with Gasteiger partial charge in [0.15, 0.2) is 5.69 Å². The number of hydrogen-bond acceptors (Lipinski definition) is 4. The molecule has 21 heavy (non-hydrogen) atoms. The van der Waals surface area contributed by atoms with Gasteiger partial charge in [0.25, 0.3) is 0 Å². The predicted molar refractivity (Wildman–Crippen MR) is 69.7 cm³/mol. The summed E-state index contributed by atoms with van der Waals surface area (Å²) in [6, 6.07) is 1.70. The fraction of sp³-hybridized carbons (Fsp3) is 0.0909. The van der Waals surface area contributed by atoms with E-state index < -0.39 is 30.1 Å². The Balaban J connectivity index is 2.08. The summed E-state index contributed by atoms with van der Waals surface area (Å²) in [5.41, 5.74) is -0.664. The summed E-state index contributed by atoms with van der Waals surface area (Å²) in [7, 11) is 0. The first kappa shape index (κ1) is 15.0. The Morgan fingerprint density at radius 2 is 2.05 bits per heavy atom. The molecule has 0 radical (unpaired) electrons. The zero-order valence-corrected chi connectivity index (χ0v) is 11.8. The van der Waals surface area contributed by atoms with Crippen LogP contribution in [0, 0.1) is 11.6 Å². The van der Waals surface area contributed by atoms with Crippen LogP contribution in [0.25, 0.3) is 0 Å². The number of nitrogens with zero attached hydrogens (tertiary/aromatic N) is 3. The van der Waals surface area contributed by atoms with Crippen molar-refractivity contribution < 1.29 is 23.5 Å². The molecule has 2 rings (SSSR count). The van der Waals surface area contributed by atoms with E-state index in [1.54, 1.807) is 0 Å². The van der Waals surface area contributed by atoms with E-state index in [4.69, 9.17) is 5.11 Å². The van der Waals surface area contributed by atoms with Crippen molar-refractivity contribution in [2.24, 2.45) is 0 Å². The summed E-state index contributed by atoms with van der Waals surface area (Å²) in [6.07, 6.45) is 1.04. The van der Waals surface area contributed by atoms with Crippen molar-refractivity contribution in [2.75, 3.05) is 5.32 Å². The van der Waals surface area contributed by atoms with Crippen molar-refractivity contribution in [3.8, 4) is 0 Å². The topological polar surface area (TPSA) is 97.1 Å². The molecule has 0 atom stereocenters. The molecular weight excluding hydrogens is 354 g/mol. The van der Waals surface area contributed by atoms with Crippen molar-refractivity contribution >= 4 is 33.5 Å². The minimum atomic E-state index is -1.29. The number of carboxylic acids is 1. The number of carbonyl (C=O) groups excluding carboxylic acids is 1. The molecule has 0 aliphatic carbocycles. The average Bonchev–Trinajstić information content (AvgIpc) is 2.84. The zero-order valence-electron chi connectivity index (χ0n) is 10.2. The number of nitrogens with one attached hydrogen (secondary N) is 1. The van der Waals surface area contributed by atoms with Gasteiger partial charge < -0.3 is 10.4 Å². The van der Waals surface area contributed by atoms with Crippen molar-refractivity contribution in [2.45, 2.75) is 6.54 Å². The minimum Gasteiger partial charge on any atom is -0.476 e. The third-order valence-corrected chi connectivity index (χ3v) is 2.96. The van der Waals surface area contributed by atoms with Gasteiger partial charge >= 0.3 is 5.97 Å². The van der Waals surface area contributed by atoms with Crippen LogP contribution in [0.15, 0.2) is 22.8 Å². The molecule has 0 bridgehead atoms. The highest BCUT2D eigenvalue weighted by Crippen LogP contribution is 2.23. The first-order chi connectivity index (χ1) is 9.86. The second-order valence-corrected chi connectivity index (χ2v) is 4.76. The number of hydrogen-bond donors (Lipinski definition) is 2. The minimum absolute atomic E-state index is 0.0691. The summed E-state index contributed by atoms with van der Waals surface area (Å²) in [5, 5.41) is 17.5. The number of anilines is 1. The van der Waals surface area contributed by atoms with Crippen LogP contribution in [-0.4, -0.2) is 32.0 Å². The lowest BCUT2D eigenvalue weighted by Gasteiger charge is -2.07. The van der Waals surface area contributed by atoms with Crippen LogP contribution < -0.4 is 5.32 Å². The maximum Gasteiger partial charge on any atom is 0.358 e. The molecule has 7 nitrogen and oxygen atoms in total. The fourth-order valence-corrected chi connectivity index (χ4v) is 1.74. The van der Waals surface area contributed by atoms with Crippen LogP contribution in [0.5, 0.6) is 0 Å². The number of benzene rings is 1. The fourth-order valence-electron chi connectivity index (χ4n) is 1.43. The van der Waals surface area contributed by atoms with Crippen LogP contribution in [0.4, 0.5) is 14.5 Å². The number of aromatic carboxylic acids is 1. The standard InChI is InChI=1S/C11H7BrF2N4O3/c12-5-1-7(14)8(2-6(5)13)15-10(19)4-18-3-9(11(20)21)16-17-18/h1-3H,4H2,(H,15,19)(H,20,21). The molecule has 1 heterocycles. The van der Waals surface area contributed by atoms with Crippen LogP contribution in [-0.2, 0) is 11.3 Å². The van der Waals surface area contributed by atoms with E-state index in [1.165, 1.54) is 0 Å². The van der Waals surface area contributed by atoms with Crippen molar-refractivity contribution in [3.63, 3.8) is 0 Å². The average molecular weight is 361 g/mol. The van der Waals surface area contributed by atoms with Crippen molar-refractivity contribution in [1.82, 2.24) is 15.0 Å². The number of halogens is 3. The number of amides is 1. The van der Waals surface area contributed by atoms with Gasteiger partial charge in [-0.05, 0) is 22.0 Å². The summed E-state index contributed by atoms with van der Waals surface area (Å²) >= 11 is 2.81. The smallest absolute Gasteiger partial charge is 0.358 e. The molecule has 0 saturated carbocycles. The Bertz CT molecular complexity index is 719. The number of carbonyl (C=O) groups is 2. The lowest BCUT2D eigenvalue weighted by molar-refractivity contribution is -0.117. The van der Waals surface area contributed by atoms with E-state index in [1.807, 2.05) is 0 Å². The monoisotopic (exact) mass is 360 g/mol. The molecule has 0 saturated heterocycles. The van der Waals surface area contributed by atoms with Crippen LogP contribution in [0.3, 0.4) is 0 Å². The first-order valence-electron chi connectivity index (χ1n) is 5.44. The molecule has 0 spiro atoms. The predicted octanol–water partition coefficient (Wildman–Crippen LogP) is 1.66.